The van der Waals surface area contributed by atoms with Crippen LogP contribution in [0.3, 0.4) is 0 Å². The van der Waals surface area contributed by atoms with E-state index in [1.165, 1.54) is 0 Å². The molecule has 2 heterocycles. The minimum atomic E-state index is -0.312. The highest BCUT2D eigenvalue weighted by molar-refractivity contribution is 5.99. The van der Waals surface area contributed by atoms with Gasteiger partial charge in [0.05, 0.1) is 37.5 Å². The van der Waals surface area contributed by atoms with Crippen molar-refractivity contribution in [3.05, 3.63) is 41.7 Å². The minimum Gasteiger partial charge on any atom is -0.383 e. The van der Waals surface area contributed by atoms with Crippen LogP contribution in [0.5, 0.6) is 0 Å². The lowest BCUT2D eigenvalue weighted by Crippen LogP contribution is -2.31. The van der Waals surface area contributed by atoms with Crippen molar-refractivity contribution in [3.8, 4) is 0 Å². The Labute approximate surface area is 145 Å². The molecule has 8 nitrogen and oxygen atoms in total. The fourth-order valence-electron chi connectivity index (χ4n) is 2.70. The number of carbonyl (C=O) groups is 2. The average Bonchev–Trinajstić information content (AvgIpc) is 3.16. The monoisotopic (exact) mass is 343 g/mol. The molecule has 132 valence electrons. The van der Waals surface area contributed by atoms with E-state index in [2.05, 4.69) is 21.0 Å². The predicted molar refractivity (Wildman–Crippen MR) is 93.4 cm³/mol. The zero-order chi connectivity index (χ0) is 17.8. The first-order chi connectivity index (χ1) is 12.0. The highest BCUT2D eigenvalue weighted by Crippen LogP contribution is 2.26. The number of carbonyl (C=O) groups excluding carboxylic acids is 2. The molecular formula is C17H21N5O3. The lowest BCUT2D eigenvalue weighted by atomic mass is 10.0. The van der Waals surface area contributed by atoms with E-state index in [9.17, 15) is 9.59 Å². The zero-order valence-corrected chi connectivity index (χ0v) is 14.2. The molecule has 3 rings (SSSR count). The second-order valence-electron chi connectivity index (χ2n) is 5.95. The summed E-state index contributed by atoms with van der Waals surface area (Å²) in [6.07, 6.45) is 3.71. The van der Waals surface area contributed by atoms with Gasteiger partial charge in [-0.2, -0.15) is 5.10 Å². The SMILES string of the molecule is COCCn1cc(NC(=O)NC(C)c2ccc3c(c2)CC(=O)N3)cn1. The maximum absolute atomic E-state index is 12.2. The van der Waals surface area contributed by atoms with Crippen molar-refractivity contribution < 1.29 is 14.3 Å². The van der Waals surface area contributed by atoms with Gasteiger partial charge >= 0.3 is 6.03 Å². The highest BCUT2D eigenvalue weighted by atomic mass is 16.5. The number of fused-ring (bicyclic) bond motifs is 1. The van der Waals surface area contributed by atoms with Crippen LogP contribution in [0.1, 0.15) is 24.1 Å². The summed E-state index contributed by atoms with van der Waals surface area (Å²) in [6, 6.07) is 5.21. The van der Waals surface area contributed by atoms with Crippen LogP contribution in [0.25, 0.3) is 0 Å². The molecule has 1 aliphatic heterocycles. The molecule has 8 heteroatoms. The van der Waals surface area contributed by atoms with Gasteiger partial charge in [-0.25, -0.2) is 4.79 Å². The van der Waals surface area contributed by atoms with E-state index in [1.807, 2.05) is 25.1 Å². The first-order valence-corrected chi connectivity index (χ1v) is 8.06. The van der Waals surface area contributed by atoms with Crippen molar-refractivity contribution in [3.63, 3.8) is 0 Å². The molecule has 3 amide bonds. The third kappa shape index (κ3) is 4.16. The van der Waals surface area contributed by atoms with Crippen molar-refractivity contribution in [1.82, 2.24) is 15.1 Å². The number of ether oxygens (including phenoxy) is 1. The molecule has 1 aromatic carbocycles. The number of benzene rings is 1. The third-order valence-corrected chi connectivity index (χ3v) is 4.02. The molecule has 0 aliphatic carbocycles. The first kappa shape index (κ1) is 17.0. The van der Waals surface area contributed by atoms with Crippen molar-refractivity contribution in [2.24, 2.45) is 0 Å². The standard InChI is InChI=1S/C17H21N5O3/c1-11(12-3-4-15-13(7-12)8-16(23)21-15)19-17(24)20-14-9-18-22(10-14)5-6-25-2/h3-4,7,9-11H,5-6,8H2,1-2H3,(H,21,23)(H2,19,20,24). The van der Waals surface area contributed by atoms with E-state index >= 15 is 0 Å². The number of rotatable bonds is 6. The lowest BCUT2D eigenvalue weighted by Gasteiger charge is -2.15. The van der Waals surface area contributed by atoms with Gasteiger partial charge in [0.15, 0.2) is 0 Å². The molecule has 1 unspecified atom stereocenters. The third-order valence-electron chi connectivity index (χ3n) is 4.02. The van der Waals surface area contributed by atoms with Crippen LogP contribution in [0, 0.1) is 0 Å². The number of hydrogen-bond donors (Lipinski definition) is 3. The Morgan fingerprint density at radius 3 is 3.12 bits per heavy atom. The number of nitrogens with one attached hydrogen (secondary N) is 3. The van der Waals surface area contributed by atoms with Gasteiger partial charge in [-0.05, 0) is 24.1 Å². The normalized spacial score (nSPS) is 13.9. The molecule has 0 saturated heterocycles. The summed E-state index contributed by atoms with van der Waals surface area (Å²) < 4.78 is 6.69. The van der Waals surface area contributed by atoms with Crippen LogP contribution in [0.2, 0.25) is 0 Å². The summed E-state index contributed by atoms with van der Waals surface area (Å²) in [5.74, 6) is -0.00371. The van der Waals surface area contributed by atoms with E-state index < -0.39 is 0 Å². The Kier molecular flexibility index (Phi) is 4.99. The van der Waals surface area contributed by atoms with Crippen molar-refractivity contribution >= 4 is 23.3 Å². The lowest BCUT2D eigenvalue weighted by molar-refractivity contribution is -0.115. The molecule has 25 heavy (non-hydrogen) atoms. The molecule has 1 aliphatic rings. The Hall–Kier alpha value is -2.87. The smallest absolute Gasteiger partial charge is 0.319 e. The maximum atomic E-state index is 12.2. The van der Waals surface area contributed by atoms with Crippen LogP contribution in [0.4, 0.5) is 16.2 Å². The quantitative estimate of drug-likeness (QED) is 0.746. The van der Waals surface area contributed by atoms with Gasteiger partial charge in [-0.1, -0.05) is 12.1 Å². The molecule has 1 atom stereocenters. The Morgan fingerprint density at radius 1 is 1.48 bits per heavy atom. The predicted octanol–water partition coefficient (Wildman–Crippen LogP) is 1.91. The second-order valence-corrected chi connectivity index (χ2v) is 5.95. The summed E-state index contributed by atoms with van der Waals surface area (Å²) in [5.41, 5.74) is 3.36. The van der Waals surface area contributed by atoms with Gasteiger partial charge in [0.2, 0.25) is 5.91 Å². The molecule has 0 spiro atoms. The van der Waals surface area contributed by atoms with E-state index in [0.29, 0.717) is 25.3 Å². The molecule has 0 fully saturated rings. The van der Waals surface area contributed by atoms with Crippen molar-refractivity contribution in [2.45, 2.75) is 25.9 Å². The van der Waals surface area contributed by atoms with E-state index in [1.54, 1.807) is 24.2 Å². The molecular weight excluding hydrogens is 322 g/mol. The van der Waals surface area contributed by atoms with Crippen LogP contribution < -0.4 is 16.0 Å². The average molecular weight is 343 g/mol. The Morgan fingerprint density at radius 2 is 2.32 bits per heavy atom. The van der Waals surface area contributed by atoms with Crippen LogP contribution in [-0.2, 0) is 22.5 Å². The van der Waals surface area contributed by atoms with Crippen LogP contribution in [-0.4, -0.2) is 35.4 Å². The number of anilines is 2. The van der Waals surface area contributed by atoms with Gasteiger partial charge in [-0.15, -0.1) is 0 Å². The summed E-state index contributed by atoms with van der Waals surface area (Å²) in [5, 5.41) is 12.6. The van der Waals surface area contributed by atoms with Crippen molar-refractivity contribution in [1.29, 1.82) is 0 Å². The topological polar surface area (TPSA) is 97.3 Å². The summed E-state index contributed by atoms with van der Waals surface area (Å²) >= 11 is 0. The van der Waals surface area contributed by atoms with Gasteiger partial charge in [-0.3, -0.25) is 9.48 Å². The van der Waals surface area contributed by atoms with Gasteiger partial charge in [0.25, 0.3) is 0 Å². The molecule has 2 aromatic rings. The fourth-order valence-corrected chi connectivity index (χ4v) is 2.70. The second kappa shape index (κ2) is 7.35. The maximum Gasteiger partial charge on any atom is 0.319 e. The number of amides is 3. The number of aromatic nitrogens is 2. The van der Waals surface area contributed by atoms with Crippen molar-refractivity contribution in [2.75, 3.05) is 24.4 Å². The summed E-state index contributed by atoms with van der Waals surface area (Å²) in [6.45, 7) is 3.08. The molecule has 0 saturated carbocycles. The Bertz CT molecular complexity index is 786. The van der Waals surface area contributed by atoms with Gasteiger partial charge < -0.3 is 20.7 Å². The van der Waals surface area contributed by atoms with E-state index in [0.717, 1.165) is 16.8 Å². The van der Waals surface area contributed by atoms with E-state index in [4.69, 9.17) is 4.74 Å². The molecule has 1 aromatic heterocycles. The largest absolute Gasteiger partial charge is 0.383 e. The Balaban J connectivity index is 1.56. The highest BCUT2D eigenvalue weighted by Gasteiger charge is 2.19. The number of nitrogens with zero attached hydrogens (tertiary/aromatic N) is 2. The van der Waals surface area contributed by atoms with Crippen LogP contribution in [0.15, 0.2) is 30.6 Å². The number of urea groups is 1. The fraction of sp³-hybridized carbons (Fsp3) is 0.353. The van der Waals surface area contributed by atoms with Crippen LogP contribution >= 0.6 is 0 Å². The number of methoxy groups -OCH3 is 1. The van der Waals surface area contributed by atoms with E-state index in [-0.39, 0.29) is 18.0 Å². The molecule has 0 bridgehead atoms. The van der Waals surface area contributed by atoms with Gasteiger partial charge in [0, 0.05) is 19.0 Å². The molecule has 0 radical (unpaired) electrons. The minimum absolute atomic E-state index is 0.00371. The zero-order valence-electron chi connectivity index (χ0n) is 14.2. The van der Waals surface area contributed by atoms with Gasteiger partial charge in [0.1, 0.15) is 0 Å². The molecule has 3 N–H and O–H groups in total. The number of hydrogen-bond acceptors (Lipinski definition) is 4. The summed E-state index contributed by atoms with van der Waals surface area (Å²) in [7, 11) is 1.63. The summed E-state index contributed by atoms with van der Waals surface area (Å²) in [4.78, 5) is 23.6. The first-order valence-electron chi connectivity index (χ1n) is 8.06.